The number of ether oxygens (including phenoxy) is 1. The van der Waals surface area contributed by atoms with Crippen molar-refractivity contribution in [2.45, 2.75) is 17.7 Å². The molecule has 0 saturated carbocycles. The molecule has 156 valence electrons. The molecule has 2 aliphatic rings. The van der Waals surface area contributed by atoms with Gasteiger partial charge in [-0.3, -0.25) is 14.5 Å². The molecular formula is C18H22N4O6S. The Morgan fingerprint density at radius 1 is 1.38 bits per heavy atom. The number of anilines is 1. The van der Waals surface area contributed by atoms with Gasteiger partial charge in [-0.25, -0.2) is 13.2 Å². The number of esters is 1. The molecule has 0 radical (unpaired) electrons. The van der Waals surface area contributed by atoms with Crippen LogP contribution in [0.3, 0.4) is 0 Å². The second-order valence-corrected chi connectivity index (χ2v) is 8.17. The quantitative estimate of drug-likeness (QED) is 0.519. The van der Waals surface area contributed by atoms with Crippen molar-refractivity contribution in [3.8, 4) is 0 Å². The number of aliphatic imine (C=N–C) groups is 1. The Morgan fingerprint density at radius 2 is 2.17 bits per heavy atom. The van der Waals surface area contributed by atoms with Crippen LogP contribution in [0.1, 0.15) is 12.8 Å². The molecule has 3 N–H and O–H groups in total. The molecule has 1 aromatic rings. The number of carbonyl (C=O) groups excluding carboxylic acids is 2. The summed E-state index contributed by atoms with van der Waals surface area (Å²) < 4.78 is 32.4. The van der Waals surface area contributed by atoms with E-state index in [4.69, 9.17) is 9.84 Å². The summed E-state index contributed by atoms with van der Waals surface area (Å²) in [5.41, 5.74) is 0.419. The fourth-order valence-electron chi connectivity index (χ4n) is 3.07. The highest BCUT2D eigenvalue weighted by Crippen LogP contribution is 2.24. The number of aliphatic hydroxyl groups excluding tert-OH is 1. The number of aliphatic hydroxyl groups is 1. The average Bonchev–Trinajstić information content (AvgIpc) is 3.31. The zero-order valence-corrected chi connectivity index (χ0v) is 16.7. The largest absolute Gasteiger partial charge is 0.466 e. The Balaban J connectivity index is 1.86. The lowest BCUT2D eigenvalue weighted by Crippen LogP contribution is -2.31. The minimum atomic E-state index is -3.82. The lowest BCUT2D eigenvalue weighted by Gasteiger charge is -2.15. The fourth-order valence-corrected chi connectivity index (χ4v) is 4.21. The Morgan fingerprint density at radius 3 is 2.83 bits per heavy atom. The van der Waals surface area contributed by atoms with E-state index in [-0.39, 0.29) is 35.9 Å². The van der Waals surface area contributed by atoms with Crippen LogP contribution in [-0.4, -0.2) is 69.5 Å². The minimum absolute atomic E-state index is 0.00465. The number of nitrogens with zero attached hydrogens (tertiary/aromatic N) is 2. The van der Waals surface area contributed by atoms with Gasteiger partial charge in [0.25, 0.3) is 15.9 Å². The highest BCUT2D eigenvalue weighted by atomic mass is 32.2. The Labute approximate surface area is 168 Å². The van der Waals surface area contributed by atoms with Crippen LogP contribution in [0.15, 0.2) is 45.4 Å². The third kappa shape index (κ3) is 4.57. The van der Waals surface area contributed by atoms with Crippen molar-refractivity contribution in [3.63, 3.8) is 0 Å². The zero-order valence-electron chi connectivity index (χ0n) is 15.8. The van der Waals surface area contributed by atoms with Crippen LogP contribution in [0.5, 0.6) is 0 Å². The highest BCUT2D eigenvalue weighted by Gasteiger charge is 2.34. The van der Waals surface area contributed by atoms with Gasteiger partial charge < -0.3 is 20.1 Å². The number of amides is 1. The lowest BCUT2D eigenvalue weighted by molar-refractivity contribution is -0.136. The number of amidine groups is 1. The second-order valence-electron chi connectivity index (χ2n) is 6.49. The van der Waals surface area contributed by atoms with E-state index in [1.165, 1.54) is 30.2 Å². The normalized spacial score (nSPS) is 16.8. The number of hydrogen-bond donors (Lipinski definition) is 3. The van der Waals surface area contributed by atoms with Crippen LogP contribution in [0, 0.1) is 0 Å². The van der Waals surface area contributed by atoms with Gasteiger partial charge in [0.1, 0.15) is 11.5 Å². The SMILES string of the molecule is COC(=O)C1=C(Nc2cccc(S(=O)(=O)NC3=NCCC3)c2)C(=O)N(CCO)C1. The van der Waals surface area contributed by atoms with Gasteiger partial charge in [-0.15, -0.1) is 0 Å². The maximum atomic E-state index is 12.6. The van der Waals surface area contributed by atoms with Gasteiger partial charge in [0.05, 0.1) is 30.7 Å². The van der Waals surface area contributed by atoms with E-state index in [9.17, 15) is 18.0 Å². The Hall–Kier alpha value is -2.92. The third-order valence-electron chi connectivity index (χ3n) is 4.49. The standard InChI is InChI=1S/C18H22N4O6S/c1-28-18(25)14-11-22(8-9-23)17(24)16(14)20-12-4-2-5-13(10-12)29(26,27)21-15-6-3-7-19-15/h2,4-5,10,20,23H,3,6-9,11H2,1H3,(H,19,21). The van der Waals surface area contributed by atoms with Gasteiger partial charge in [-0.05, 0) is 24.6 Å². The summed E-state index contributed by atoms with van der Waals surface area (Å²) in [6, 6.07) is 5.89. The smallest absolute Gasteiger partial charge is 0.337 e. The molecule has 0 aromatic heterocycles. The van der Waals surface area contributed by atoms with E-state index in [1.807, 2.05) is 0 Å². The van der Waals surface area contributed by atoms with E-state index in [0.29, 0.717) is 24.5 Å². The van der Waals surface area contributed by atoms with E-state index in [2.05, 4.69) is 15.0 Å². The number of sulfonamides is 1. The molecule has 3 rings (SSSR count). The summed E-state index contributed by atoms with van der Waals surface area (Å²) in [6.45, 7) is 0.395. The molecule has 0 fully saturated rings. The van der Waals surface area contributed by atoms with Crippen LogP contribution < -0.4 is 10.0 Å². The van der Waals surface area contributed by atoms with E-state index < -0.39 is 21.9 Å². The van der Waals surface area contributed by atoms with E-state index in [1.54, 1.807) is 6.07 Å². The summed E-state index contributed by atoms with van der Waals surface area (Å²) >= 11 is 0. The summed E-state index contributed by atoms with van der Waals surface area (Å²) in [7, 11) is -2.62. The molecule has 0 aliphatic carbocycles. The molecule has 1 aromatic carbocycles. The second kappa shape index (κ2) is 8.62. The van der Waals surface area contributed by atoms with Crippen LogP contribution in [0.4, 0.5) is 5.69 Å². The summed E-state index contributed by atoms with van der Waals surface area (Å²) in [5, 5.41) is 11.9. The van der Waals surface area contributed by atoms with Gasteiger partial charge in [-0.2, -0.15) is 0 Å². The molecule has 10 nitrogen and oxygen atoms in total. The topological polar surface area (TPSA) is 137 Å². The van der Waals surface area contributed by atoms with Crippen LogP contribution in [0.25, 0.3) is 0 Å². The number of methoxy groups -OCH3 is 1. The lowest BCUT2D eigenvalue weighted by atomic mass is 10.2. The van der Waals surface area contributed by atoms with Gasteiger partial charge in [0.15, 0.2) is 0 Å². The van der Waals surface area contributed by atoms with Gasteiger partial charge in [-0.1, -0.05) is 6.07 Å². The summed E-state index contributed by atoms with van der Waals surface area (Å²) in [6.07, 6.45) is 1.37. The molecule has 1 amide bonds. The molecule has 2 aliphatic heterocycles. The van der Waals surface area contributed by atoms with Crippen LogP contribution >= 0.6 is 0 Å². The molecule has 0 spiro atoms. The molecule has 11 heteroatoms. The Bertz CT molecular complexity index is 986. The average molecular weight is 422 g/mol. The molecule has 0 unspecified atom stereocenters. The molecule has 2 heterocycles. The van der Waals surface area contributed by atoms with Gasteiger partial charge in [0, 0.05) is 25.2 Å². The third-order valence-corrected chi connectivity index (χ3v) is 5.87. The Kier molecular flexibility index (Phi) is 6.18. The van der Waals surface area contributed by atoms with Crippen molar-refractivity contribution in [3.05, 3.63) is 35.5 Å². The van der Waals surface area contributed by atoms with Crippen molar-refractivity contribution in [2.75, 3.05) is 38.7 Å². The number of hydrogen-bond acceptors (Lipinski definition) is 8. The first-order valence-electron chi connectivity index (χ1n) is 9.00. The fraction of sp³-hybridized carbons (Fsp3) is 0.389. The van der Waals surface area contributed by atoms with Gasteiger partial charge in [0.2, 0.25) is 0 Å². The summed E-state index contributed by atoms with van der Waals surface area (Å²) in [5.74, 6) is -0.734. The monoisotopic (exact) mass is 422 g/mol. The van der Waals surface area contributed by atoms with Crippen molar-refractivity contribution in [1.29, 1.82) is 0 Å². The first-order chi connectivity index (χ1) is 13.9. The first-order valence-corrected chi connectivity index (χ1v) is 10.5. The van der Waals surface area contributed by atoms with Crippen LogP contribution in [-0.2, 0) is 24.3 Å². The van der Waals surface area contributed by atoms with Crippen LogP contribution in [0.2, 0.25) is 0 Å². The van der Waals surface area contributed by atoms with Crippen molar-refractivity contribution in [1.82, 2.24) is 9.62 Å². The predicted octanol–water partition coefficient (Wildman–Crippen LogP) is -0.169. The number of nitrogens with one attached hydrogen (secondary N) is 2. The number of carbonyl (C=O) groups is 2. The molecular weight excluding hydrogens is 400 g/mol. The number of benzene rings is 1. The summed E-state index contributed by atoms with van der Waals surface area (Å²) in [4.78, 5) is 30.0. The minimum Gasteiger partial charge on any atom is -0.466 e. The van der Waals surface area contributed by atoms with Crippen molar-refractivity contribution >= 4 is 33.4 Å². The maximum Gasteiger partial charge on any atom is 0.337 e. The zero-order chi connectivity index (χ0) is 21.0. The molecule has 29 heavy (non-hydrogen) atoms. The molecule has 0 saturated heterocycles. The maximum absolute atomic E-state index is 12.6. The van der Waals surface area contributed by atoms with Gasteiger partial charge >= 0.3 is 5.97 Å². The number of β-amino-alcohol motifs (C(OH)–C–C–N with tert-alkyl or cyclic N) is 1. The van der Waals surface area contributed by atoms with Crippen molar-refractivity contribution < 1.29 is 27.9 Å². The van der Waals surface area contributed by atoms with Crippen molar-refractivity contribution in [2.24, 2.45) is 4.99 Å². The molecule has 0 bridgehead atoms. The predicted molar refractivity (Wildman–Crippen MR) is 105 cm³/mol. The van der Waals surface area contributed by atoms with E-state index in [0.717, 1.165) is 6.42 Å². The molecule has 0 atom stereocenters. The highest BCUT2D eigenvalue weighted by molar-refractivity contribution is 7.90. The van der Waals surface area contributed by atoms with E-state index >= 15 is 0 Å². The number of rotatable bonds is 7. The first kappa shape index (κ1) is 20.8.